The van der Waals surface area contributed by atoms with Gasteiger partial charge >= 0.3 is 12.0 Å². The van der Waals surface area contributed by atoms with E-state index in [-0.39, 0.29) is 0 Å². The Bertz CT molecular complexity index is 585. The molecule has 18 heavy (non-hydrogen) atoms. The van der Waals surface area contributed by atoms with E-state index in [1.54, 1.807) is 0 Å². The number of ether oxygens (including phenoxy) is 1. The van der Waals surface area contributed by atoms with Gasteiger partial charge in [0.25, 0.3) is 9.05 Å². The van der Waals surface area contributed by atoms with Crippen LogP contribution in [-0.2, 0) is 9.05 Å². The minimum absolute atomic E-state index is 0.378. The van der Waals surface area contributed by atoms with Crippen LogP contribution in [0.15, 0.2) is 23.1 Å². The molecule has 11 heteroatoms. The number of rotatable bonds is 3. The molecule has 0 saturated heterocycles. The molecule has 0 bridgehead atoms. The van der Waals surface area contributed by atoms with Gasteiger partial charge < -0.3 is 4.74 Å². The molecule has 0 fully saturated rings. The van der Waals surface area contributed by atoms with Crippen molar-refractivity contribution in [1.29, 1.82) is 0 Å². The Hall–Kier alpha value is -1.55. The Labute approximate surface area is 102 Å². The molecule has 0 radical (unpaired) electrons. The maximum atomic E-state index is 11.9. The van der Waals surface area contributed by atoms with Gasteiger partial charge in [0.1, 0.15) is 0 Å². The molecule has 1 rings (SSSR count). The Morgan fingerprint density at radius 3 is 2.28 bits per heavy atom. The predicted octanol–water partition coefficient (Wildman–Crippen LogP) is 2.42. The van der Waals surface area contributed by atoms with Gasteiger partial charge in [0, 0.05) is 16.7 Å². The molecule has 0 saturated carbocycles. The number of alkyl halides is 3. The summed E-state index contributed by atoms with van der Waals surface area (Å²) in [6.45, 7) is 0. The van der Waals surface area contributed by atoms with Crippen LogP contribution in [0.2, 0.25) is 0 Å². The Morgan fingerprint density at radius 2 is 1.89 bits per heavy atom. The molecule has 0 amide bonds. The van der Waals surface area contributed by atoms with Crippen molar-refractivity contribution in [3.05, 3.63) is 28.3 Å². The van der Waals surface area contributed by atoms with E-state index in [0.29, 0.717) is 18.2 Å². The Balaban J connectivity index is 3.35. The predicted molar refractivity (Wildman–Crippen MR) is 52.8 cm³/mol. The summed E-state index contributed by atoms with van der Waals surface area (Å²) in [5, 5.41) is 10.5. The third-order valence-corrected chi connectivity index (χ3v) is 2.99. The summed E-state index contributed by atoms with van der Waals surface area (Å²) in [6.07, 6.45) is -5.13. The molecule has 0 N–H and O–H groups in total. The first kappa shape index (κ1) is 14.5. The number of hydrogen-bond acceptors (Lipinski definition) is 5. The summed E-state index contributed by atoms with van der Waals surface area (Å²) in [4.78, 5) is 8.59. The minimum Gasteiger partial charge on any atom is -0.398 e. The van der Waals surface area contributed by atoms with E-state index in [4.69, 9.17) is 10.7 Å². The van der Waals surface area contributed by atoms with E-state index in [0.717, 1.165) is 0 Å². The van der Waals surface area contributed by atoms with E-state index < -0.39 is 36.7 Å². The van der Waals surface area contributed by atoms with E-state index in [1.807, 2.05) is 0 Å². The SMILES string of the molecule is O=[N+]([O-])c1cc(S(=O)(=O)Cl)ccc1OC(F)(F)F. The molecule has 0 aliphatic heterocycles. The van der Waals surface area contributed by atoms with Crippen molar-refractivity contribution in [1.82, 2.24) is 0 Å². The van der Waals surface area contributed by atoms with E-state index in [2.05, 4.69) is 4.74 Å². The van der Waals surface area contributed by atoms with Crippen LogP contribution in [-0.4, -0.2) is 19.7 Å². The van der Waals surface area contributed by atoms with Gasteiger partial charge in [0.15, 0.2) is 0 Å². The summed E-state index contributed by atoms with van der Waals surface area (Å²) < 4.78 is 60.9. The zero-order valence-corrected chi connectivity index (χ0v) is 9.71. The average molecular weight is 306 g/mol. The monoisotopic (exact) mass is 305 g/mol. The molecule has 0 unspecified atom stereocenters. The first-order valence-corrected chi connectivity index (χ1v) is 6.30. The average Bonchev–Trinajstić information content (AvgIpc) is 2.13. The highest BCUT2D eigenvalue weighted by Crippen LogP contribution is 2.34. The third-order valence-electron chi connectivity index (χ3n) is 1.63. The molecule has 0 atom stereocenters. The smallest absolute Gasteiger partial charge is 0.398 e. The number of benzene rings is 1. The number of nitrogens with zero attached hydrogens (tertiary/aromatic N) is 1. The first-order chi connectivity index (χ1) is 8.00. The van der Waals surface area contributed by atoms with Gasteiger partial charge in [0.2, 0.25) is 5.75 Å². The van der Waals surface area contributed by atoms with Crippen LogP contribution in [0, 0.1) is 10.1 Å². The molecule has 0 heterocycles. The van der Waals surface area contributed by atoms with Crippen molar-refractivity contribution in [3.63, 3.8) is 0 Å². The molecule has 1 aromatic carbocycles. The Kier molecular flexibility index (Phi) is 3.72. The maximum absolute atomic E-state index is 11.9. The van der Waals surface area contributed by atoms with Crippen LogP contribution in [0.5, 0.6) is 5.75 Å². The molecule has 6 nitrogen and oxygen atoms in total. The van der Waals surface area contributed by atoms with Crippen LogP contribution in [0.1, 0.15) is 0 Å². The lowest BCUT2D eigenvalue weighted by Gasteiger charge is -2.09. The van der Waals surface area contributed by atoms with Crippen molar-refractivity contribution in [3.8, 4) is 5.75 Å². The van der Waals surface area contributed by atoms with E-state index in [9.17, 15) is 31.7 Å². The molecule has 0 spiro atoms. The summed E-state index contributed by atoms with van der Waals surface area (Å²) in [6, 6.07) is 1.54. The fourth-order valence-corrected chi connectivity index (χ4v) is 1.77. The number of nitro benzene ring substituents is 1. The van der Waals surface area contributed by atoms with Crippen molar-refractivity contribution in [2.24, 2.45) is 0 Å². The van der Waals surface area contributed by atoms with Crippen LogP contribution in [0.4, 0.5) is 18.9 Å². The molecule has 0 aromatic heterocycles. The molecule has 0 aliphatic rings. The van der Waals surface area contributed by atoms with Crippen molar-refractivity contribution in [2.75, 3.05) is 0 Å². The molecule has 1 aromatic rings. The zero-order chi connectivity index (χ0) is 14.1. The lowest BCUT2D eigenvalue weighted by Crippen LogP contribution is -2.18. The van der Waals surface area contributed by atoms with Gasteiger partial charge in [-0.2, -0.15) is 0 Å². The van der Waals surface area contributed by atoms with E-state index >= 15 is 0 Å². The van der Waals surface area contributed by atoms with Gasteiger partial charge in [-0.1, -0.05) is 0 Å². The summed E-state index contributed by atoms with van der Waals surface area (Å²) >= 11 is 0. The quantitative estimate of drug-likeness (QED) is 0.486. The highest BCUT2D eigenvalue weighted by molar-refractivity contribution is 8.13. The molecular weight excluding hydrogens is 303 g/mol. The van der Waals surface area contributed by atoms with Gasteiger partial charge in [-0.3, -0.25) is 10.1 Å². The molecule has 100 valence electrons. The topological polar surface area (TPSA) is 86.5 Å². The molecular formula is C7H3ClF3NO5S. The second kappa shape index (κ2) is 4.61. The second-order valence-electron chi connectivity index (χ2n) is 2.87. The maximum Gasteiger partial charge on any atom is 0.573 e. The standard InChI is InChI=1S/C7H3ClF3NO5S/c8-18(15,16)4-1-2-6(17-7(9,10)11)5(3-4)12(13)14/h1-3H. The molecule has 0 aliphatic carbocycles. The second-order valence-corrected chi connectivity index (χ2v) is 5.44. The van der Waals surface area contributed by atoms with Gasteiger partial charge in [-0.15, -0.1) is 13.2 Å². The summed E-state index contributed by atoms with van der Waals surface area (Å²) in [5.74, 6) is -1.13. The van der Waals surface area contributed by atoms with Gasteiger partial charge in [-0.25, -0.2) is 8.42 Å². The zero-order valence-electron chi connectivity index (χ0n) is 8.14. The van der Waals surface area contributed by atoms with Crippen molar-refractivity contribution < 1.29 is 31.2 Å². The first-order valence-electron chi connectivity index (χ1n) is 3.99. The normalized spacial score (nSPS) is 12.2. The number of nitro groups is 1. The lowest BCUT2D eigenvalue weighted by molar-refractivity contribution is -0.388. The Morgan fingerprint density at radius 1 is 1.33 bits per heavy atom. The van der Waals surface area contributed by atoms with Crippen LogP contribution >= 0.6 is 10.7 Å². The van der Waals surface area contributed by atoms with Gasteiger partial charge in [0.05, 0.1) is 9.82 Å². The summed E-state index contributed by atoms with van der Waals surface area (Å²) in [5.41, 5.74) is -1.16. The van der Waals surface area contributed by atoms with Crippen molar-refractivity contribution >= 4 is 25.4 Å². The number of hydrogen-bond donors (Lipinski definition) is 0. The fraction of sp³-hybridized carbons (Fsp3) is 0.143. The lowest BCUT2D eigenvalue weighted by atomic mass is 10.3. The van der Waals surface area contributed by atoms with Crippen LogP contribution < -0.4 is 4.74 Å². The van der Waals surface area contributed by atoms with Crippen molar-refractivity contribution in [2.45, 2.75) is 11.3 Å². The fourth-order valence-electron chi connectivity index (χ4n) is 1.00. The van der Waals surface area contributed by atoms with Crippen LogP contribution in [0.3, 0.4) is 0 Å². The number of halogens is 4. The van der Waals surface area contributed by atoms with Crippen LogP contribution in [0.25, 0.3) is 0 Å². The largest absolute Gasteiger partial charge is 0.573 e. The minimum atomic E-state index is -5.13. The highest BCUT2D eigenvalue weighted by Gasteiger charge is 2.34. The third kappa shape index (κ3) is 3.74. The highest BCUT2D eigenvalue weighted by atomic mass is 35.7. The van der Waals surface area contributed by atoms with E-state index in [1.165, 1.54) is 0 Å². The van der Waals surface area contributed by atoms with Gasteiger partial charge in [-0.05, 0) is 12.1 Å². The summed E-state index contributed by atoms with van der Waals surface area (Å²) in [7, 11) is 0.619.